The van der Waals surface area contributed by atoms with Gasteiger partial charge in [-0.25, -0.2) is 9.67 Å². The molecule has 7 heteroatoms. The maximum absolute atomic E-state index is 13.6. The molecule has 0 aliphatic heterocycles. The number of methoxy groups -OCH3 is 1. The van der Waals surface area contributed by atoms with Crippen molar-refractivity contribution in [3.05, 3.63) is 95.8 Å². The highest BCUT2D eigenvalue weighted by Gasteiger charge is 2.19. The van der Waals surface area contributed by atoms with E-state index in [9.17, 15) is 4.79 Å². The van der Waals surface area contributed by atoms with Gasteiger partial charge < -0.3 is 14.8 Å². The number of aromatic nitrogens is 3. The Morgan fingerprint density at radius 2 is 1.78 bits per heavy atom. The van der Waals surface area contributed by atoms with Crippen molar-refractivity contribution in [1.29, 1.82) is 0 Å². The number of hydrogen-bond donors (Lipinski definition) is 1. The monoisotopic (exact) mass is 492 g/mol. The summed E-state index contributed by atoms with van der Waals surface area (Å²) in [7, 11) is 1.64. The quantitative estimate of drug-likeness (QED) is 0.286. The molecule has 186 valence electrons. The largest absolute Gasteiger partial charge is 0.497 e. The third kappa shape index (κ3) is 4.76. The van der Waals surface area contributed by atoms with E-state index in [2.05, 4.69) is 10.4 Å². The molecule has 1 amide bonds. The van der Waals surface area contributed by atoms with E-state index in [1.54, 1.807) is 13.3 Å². The van der Waals surface area contributed by atoms with E-state index in [1.165, 1.54) is 0 Å². The number of nitrogens with zero attached hydrogens (tertiary/aromatic N) is 3. The highest BCUT2D eigenvalue weighted by Crippen LogP contribution is 2.31. The van der Waals surface area contributed by atoms with Gasteiger partial charge in [0.2, 0.25) is 0 Å². The number of amides is 1. The van der Waals surface area contributed by atoms with Crippen LogP contribution in [0, 0.1) is 13.8 Å². The number of carbonyl (C=O) groups is 1. The van der Waals surface area contributed by atoms with Crippen molar-refractivity contribution in [3.63, 3.8) is 0 Å². The van der Waals surface area contributed by atoms with Gasteiger partial charge in [0.1, 0.15) is 11.5 Å². The van der Waals surface area contributed by atoms with Crippen LogP contribution in [0.25, 0.3) is 27.8 Å². The second-order valence-corrected chi connectivity index (χ2v) is 8.71. The SMILES string of the molecule is CCOc1ccccc1NC(=O)c1cc(-c2cnn(-c3ccc(OC)cc3)c2C)nc2ccc(C)cc12. The smallest absolute Gasteiger partial charge is 0.256 e. The van der Waals surface area contributed by atoms with Crippen LogP contribution in [0.15, 0.2) is 79.0 Å². The van der Waals surface area contributed by atoms with Gasteiger partial charge in [0.05, 0.1) is 53.8 Å². The van der Waals surface area contributed by atoms with Crippen LogP contribution in [-0.2, 0) is 0 Å². The zero-order chi connectivity index (χ0) is 25.9. The van der Waals surface area contributed by atoms with E-state index in [-0.39, 0.29) is 5.91 Å². The maximum atomic E-state index is 13.6. The van der Waals surface area contributed by atoms with Crippen molar-refractivity contribution in [2.75, 3.05) is 19.0 Å². The van der Waals surface area contributed by atoms with Crippen LogP contribution in [0.1, 0.15) is 28.5 Å². The first kappa shape index (κ1) is 24.1. The number of ether oxygens (including phenoxy) is 2. The summed E-state index contributed by atoms with van der Waals surface area (Å²) in [4.78, 5) is 18.5. The number of nitrogens with one attached hydrogen (secondary N) is 1. The van der Waals surface area contributed by atoms with Crippen molar-refractivity contribution < 1.29 is 14.3 Å². The van der Waals surface area contributed by atoms with Crippen molar-refractivity contribution in [2.24, 2.45) is 0 Å². The van der Waals surface area contributed by atoms with Crippen LogP contribution < -0.4 is 14.8 Å². The van der Waals surface area contributed by atoms with Crippen molar-refractivity contribution in [3.8, 4) is 28.4 Å². The summed E-state index contributed by atoms with van der Waals surface area (Å²) in [5, 5.41) is 8.43. The first-order valence-electron chi connectivity index (χ1n) is 12.1. The summed E-state index contributed by atoms with van der Waals surface area (Å²) in [6.07, 6.45) is 1.79. The van der Waals surface area contributed by atoms with Crippen LogP contribution in [0.2, 0.25) is 0 Å². The van der Waals surface area contributed by atoms with E-state index in [1.807, 2.05) is 98.2 Å². The molecule has 2 heterocycles. The minimum absolute atomic E-state index is 0.230. The topological polar surface area (TPSA) is 78.3 Å². The van der Waals surface area contributed by atoms with Gasteiger partial charge in [-0.15, -0.1) is 0 Å². The fraction of sp³-hybridized carbons (Fsp3) is 0.167. The average Bonchev–Trinajstić information content (AvgIpc) is 3.30. The predicted octanol–water partition coefficient (Wildman–Crippen LogP) is 6.36. The van der Waals surface area contributed by atoms with Gasteiger partial charge in [-0.05, 0) is 75.4 Å². The Kier molecular flexibility index (Phi) is 6.60. The molecule has 5 rings (SSSR count). The van der Waals surface area contributed by atoms with Gasteiger partial charge >= 0.3 is 0 Å². The van der Waals surface area contributed by atoms with Gasteiger partial charge in [0.15, 0.2) is 0 Å². The number of aryl methyl sites for hydroxylation is 1. The number of pyridine rings is 1. The zero-order valence-corrected chi connectivity index (χ0v) is 21.3. The molecule has 0 aliphatic carbocycles. The van der Waals surface area contributed by atoms with Gasteiger partial charge in [0.25, 0.3) is 5.91 Å². The average molecular weight is 493 g/mol. The van der Waals surface area contributed by atoms with Crippen LogP contribution in [0.5, 0.6) is 11.5 Å². The summed E-state index contributed by atoms with van der Waals surface area (Å²) in [5.41, 5.74) is 6.29. The molecule has 2 aromatic heterocycles. The van der Waals surface area contributed by atoms with Crippen LogP contribution in [-0.4, -0.2) is 34.4 Å². The highest BCUT2D eigenvalue weighted by molar-refractivity contribution is 6.13. The summed E-state index contributed by atoms with van der Waals surface area (Å²) >= 11 is 0. The molecule has 0 saturated heterocycles. The summed E-state index contributed by atoms with van der Waals surface area (Å²) in [6, 6.07) is 22.9. The molecule has 0 unspecified atom stereocenters. The lowest BCUT2D eigenvalue weighted by Crippen LogP contribution is -2.14. The number of rotatable bonds is 7. The summed E-state index contributed by atoms with van der Waals surface area (Å²) < 4.78 is 12.8. The Labute approximate surface area is 215 Å². The van der Waals surface area contributed by atoms with E-state index in [4.69, 9.17) is 14.5 Å². The van der Waals surface area contributed by atoms with Crippen LogP contribution >= 0.6 is 0 Å². The lowest BCUT2D eigenvalue weighted by molar-refractivity contribution is 0.102. The molecular formula is C30H28N4O3. The highest BCUT2D eigenvalue weighted by atomic mass is 16.5. The second kappa shape index (κ2) is 10.1. The van der Waals surface area contributed by atoms with E-state index < -0.39 is 0 Å². The van der Waals surface area contributed by atoms with Crippen LogP contribution in [0.3, 0.4) is 0 Å². The zero-order valence-electron chi connectivity index (χ0n) is 21.3. The number of para-hydroxylation sites is 2. The summed E-state index contributed by atoms with van der Waals surface area (Å²) in [6.45, 7) is 6.42. The number of carbonyl (C=O) groups excluding carboxylic acids is 1. The first-order chi connectivity index (χ1) is 18.0. The molecule has 7 nitrogen and oxygen atoms in total. The number of benzene rings is 3. The molecular weight excluding hydrogens is 464 g/mol. The Morgan fingerprint density at radius 3 is 2.54 bits per heavy atom. The number of hydrogen-bond acceptors (Lipinski definition) is 5. The molecule has 0 spiro atoms. The standard InChI is InChI=1S/C30H28N4O3/c1-5-37-29-9-7-6-8-27(29)33-30(35)24-17-28(32-26-15-10-19(2)16-23(24)26)25-18-31-34(20(25)3)21-11-13-22(36-4)14-12-21/h6-18H,5H2,1-4H3,(H,33,35). The molecule has 0 bridgehead atoms. The maximum Gasteiger partial charge on any atom is 0.256 e. The first-order valence-corrected chi connectivity index (χ1v) is 12.1. The minimum atomic E-state index is -0.230. The molecule has 5 aromatic rings. The Hall–Kier alpha value is -4.65. The Morgan fingerprint density at radius 1 is 1.00 bits per heavy atom. The molecule has 0 atom stereocenters. The Balaban J connectivity index is 1.58. The third-order valence-corrected chi connectivity index (χ3v) is 6.25. The minimum Gasteiger partial charge on any atom is -0.497 e. The van der Waals surface area contributed by atoms with Crippen molar-refractivity contribution in [1.82, 2.24) is 14.8 Å². The van der Waals surface area contributed by atoms with Crippen LogP contribution in [0.4, 0.5) is 5.69 Å². The summed E-state index contributed by atoms with van der Waals surface area (Å²) in [5.74, 6) is 1.18. The van der Waals surface area contributed by atoms with E-state index in [0.717, 1.165) is 39.2 Å². The van der Waals surface area contributed by atoms with Gasteiger partial charge in [-0.3, -0.25) is 4.79 Å². The van der Waals surface area contributed by atoms with Crippen molar-refractivity contribution in [2.45, 2.75) is 20.8 Å². The molecule has 1 N–H and O–H groups in total. The van der Waals surface area contributed by atoms with E-state index in [0.29, 0.717) is 29.3 Å². The third-order valence-electron chi connectivity index (χ3n) is 6.25. The van der Waals surface area contributed by atoms with Crippen molar-refractivity contribution >= 4 is 22.5 Å². The lowest BCUT2D eigenvalue weighted by atomic mass is 10.0. The van der Waals surface area contributed by atoms with Gasteiger partial charge in [-0.2, -0.15) is 5.10 Å². The molecule has 0 aliphatic rings. The van der Waals surface area contributed by atoms with Gasteiger partial charge in [0, 0.05) is 10.9 Å². The normalized spacial score (nSPS) is 10.9. The predicted molar refractivity (Wildman–Crippen MR) is 146 cm³/mol. The fourth-order valence-corrected chi connectivity index (χ4v) is 4.35. The molecule has 0 fully saturated rings. The molecule has 3 aromatic carbocycles. The molecule has 0 saturated carbocycles. The Bertz CT molecular complexity index is 1590. The van der Waals surface area contributed by atoms with E-state index >= 15 is 0 Å². The fourth-order valence-electron chi connectivity index (χ4n) is 4.35. The molecule has 37 heavy (non-hydrogen) atoms. The second-order valence-electron chi connectivity index (χ2n) is 8.71. The number of fused-ring (bicyclic) bond motifs is 1. The van der Waals surface area contributed by atoms with Gasteiger partial charge in [-0.1, -0.05) is 23.8 Å². The number of anilines is 1. The lowest BCUT2D eigenvalue weighted by Gasteiger charge is -2.14. The molecule has 0 radical (unpaired) electrons.